The first-order valence-corrected chi connectivity index (χ1v) is 9.66. The highest BCUT2D eigenvalue weighted by molar-refractivity contribution is 7.80. The van der Waals surface area contributed by atoms with Gasteiger partial charge in [0.2, 0.25) is 0 Å². The number of benzene rings is 2. The Bertz CT molecular complexity index is 693. The molecule has 0 aliphatic carbocycles. The van der Waals surface area contributed by atoms with Crippen molar-refractivity contribution in [2.75, 3.05) is 10.6 Å². The number of rotatable bonds is 6. The molecule has 5 nitrogen and oxygen atoms in total. The molecule has 0 bridgehead atoms. The second-order valence-electron chi connectivity index (χ2n) is 6.66. The maximum absolute atomic E-state index is 5.87. The van der Waals surface area contributed by atoms with Crippen LogP contribution in [0.4, 0.5) is 11.4 Å². The van der Waals surface area contributed by atoms with Crippen molar-refractivity contribution in [3.63, 3.8) is 0 Å². The molecule has 2 aromatic rings. The molecule has 0 spiro atoms. The SMILES string of the molecule is CC(C)NC(=S)Nc1ccc(Oc2ccc(NC(=S)NC(C)C)cc2)cc1. The molecule has 27 heavy (non-hydrogen) atoms. The van der Waals surface area contributed by atoms with Crippen molar-refractivity contribution < 1.29 is 4.74 Å². The molecule has 0 saturated heterocycles. The van der Waals surface area contributed by atoms with Crippen molar-refractivity contribution >= 4 is 46.0 Å². The first kappa shape index (κ1) is 20.9. The third-order valence-corrected chi connectivity index (χ3v) is 3.74. The summed E-state index contributed by atoms with van der Waals surface area (Å²) in [5.74, 6) is 1.50. The van der Waals surface area contributed by atoms with Crippen LogP contribution in [-0.2, 0) is 0 Å². The zero-order chi connectivity index (χ0) is 19.8. The molecule has 0 fully saturated rings. The van der Waals surface area contributed by atoms with Gasteiger partial charge < -0.3 is 26.0 Å². The van der Waals surface area contributed by atoms with Crippen LogP contribution in [0.3, 0.4) is 0 Å². The van der Waals surface area contributed by atoms with E-state index in [0.717, 1.165) is 22.9 Å². The van der Waals surface area contributed by atoms with E-state index in [1.54, 1.807) is 0 Å². The van der Waals surface area contributed by atoms with E-state index in [9.17, 15) is 0 Å². The van der Waals surface area contributed by atoms with Crippen LogP contribution in [0.2, 0.25) is 0 Å². The summed E-state index contributed by atoms with van der Waals surface area (Å²) >= 11 is 10.5. The van der Waals surface area contributed by atoms with Crippen LogP contribution in [0.25, 0.3) is 0 Å². The van der Waals surface area contributed by atoms with E-state index in [-0.39, 0.29) is 0 Å². The Morgan fingerprint density at radius 1 is 0.667 bits per heavy atom. The van der Waals surface area contributed by atoms with E-state index in [1.165, 1.54) is 0 Å². The highest BCUT2D eigenvalue weighted by atomic mass is 32.1. The van der Waals surface area contributed by atoms with Crippen molar-refractivity contribution in [3.05, 3.63) is 48.5 Å². The number of thiocarbonyl (C=S) groups is 2. The molecule has 144 valence electrons. The Morgan fingerprint density at radius 3 is 1.30 bits per heavy atom. The molecule has 2 rings (SSSR count). The van der Waals surface area contributed by atoms with Crippen LogP contribution in [0.15, 0.2) is 48.5 Å². The highest BCUT2D eigenvalue weighted by Crippen LogP contribution is 2.24. The lowest BCUT2D eigenvalue weighted by atomic mass is 10.3. The molecular formula is C20H26N4OS2. The molecule has 7 heteroatoms. The summed E-state index contributed by atoms with van der Waals surface area (Å²) in [6.07, 6.45) is 0. The first-order chi connectivity index (χ1) is 12.8. The topological polar surface area (TPSA) is 57.4 Å². The van der Waals surface area contributed by atoms with Gasteiger partial charge in [0, 0.05) is 23.5 Å². The second kappa shape index (κ2) is 10.1. The van der Waals surface area contributed by atoms with Gasteiger partial charge in [0.05, 0.1) is 0 Å². The van der Waals surface area contributed by atoms with E-state index >= 15 is 0 Å². The number of nitrogens with one attached hydrogen (secondary N) is 4. The van der Waals surface area contributed by atoms with Gasteiger partial charge in [0.1, 0.15) is 11.5 Å². The molecule has 0 aliphatic heterocycles. The van der Waals surface area contributed by atoms with E-state index in [1.807, 2.05) is 76.2 Å². The number of hydrogen-bond acceptors (Lipinski definition) is 3. The first-order valence-electron chi connectivity index (χ1n) is 8.85. The number of ether oxygens (including phenoxy) is 1. The van der Waals surface area contributed by atoms with E-state index < -0.39 is 0 Å². The van der Waals surface area contributed by atoms with Crippen LogP contribution < -0.4 is 26.0 Å². The van der Waals surface area contributed by atoms with Gasteiger partial charge in [-0.2, -0.15) is 0 Å². The smallest absolute Gasteiger partial charge is 0.170 e. The Kier molecular flexibility index (Phi) is 7.82. The average molecular weight is 403 g/mol. The van der Waals surface area contributed by atoms with E-state index in [2.05, 4.69) is 21.3 Å². The minimum Gasteiger partial charge on any atom is -0.457 e. The Labute approximate surface area is 171 Å². The van der Waals surface area contributed by atoms with Crippen LogP contribution in [-0.4, -0.2) is 22.3 Å². The molecule has 0 saturated carbocycles. The molecule has 0 unspecified atom stereocenters. The summed E-state index contributed by atoms with van der Waals surface area (Å²) in [5, 5.41) is 13.8. The molecule has 0 amide bonds. The summed E-state index contributed by atoms with van der Waals surface area (Å²) in [6, 6.07) is 15.9. The summed E-state index contributed by atoms with van der Waals surface area (Å²) in [7, 11) is 0. The van der Waals surface area contributed by atoms with Gasteiger partial charge in [-0.25, -0.2) is 0 Å². The predicted octanol–water partition coefficient (Wildman–Crippen LogP) is 4.87. The standard InChI is InChI=1S/C20H26N4OS2/c1-13(2)21-19(26)23-15-5-9-17(10-6-15)25-18-11-7-16(8-12-18)24-20(27)22-14(3)4/h5-14H,1-4H3,(H2,21,23,26)(H2,22,24,27). The fraction of sp³-hybridized carbons (Fsp3) is 0.300. The lowest BCUT2D eigenvalue weighted by Gasteiger charge is -2.14. The molecule has 4 N–H and O–H groups in total. The minimum absolute atomic E-state index is 0.292. The zero-order valence-corrected chi connectivity index (χ0v) is 17.6. The minimum atomic E-state index is 0.292. The molecule has 2 aromatic carbocycles. The van der Waals surface area contributed by atoms with E-state index in [0.29, 0.717) is 22.3 Å². The van der Waals surface area contributed by atoms with Gasteiger partial charge in [-0.15, -0.1) is 0 Å². The zero-order valence-electron chi connectivity index (χ0n) is 16.0. The summed E-state index contributed by atoms with van der Waals surface area (Å²) < 4.78 is 5.87. The summed E-state index contributed by atoms with van der Waals surface area (Å²) in [4.78, 5) is 0. The fourth-order valence-corrected chi connectivity index (χ4v) is 2.91. The third-order valence-electron chi connectivity index (χ3n) is 3.30. The van der Waals surface area contributed by atoms with Crippen LogP contribution in [0.1, 0.15) is 27.7 Å². The molecule has 0 heterocycles. The third kappa shape index (κ3) is 7.80. The highest BCUT2D eigenvalue weighted by Gasteiger charge is 2.03. The quantitative estimate of drug-likeness (QED) is 0.514. The Morgan fingerprint density at radius 2 is 1.00 bits per heavy atom. The monoisotopic (exact) mass is 402 g/mol. The van der Waals surface area contributed by atoms with Crippen molar-refractivity contribution in [1.82, 2.24) is 10.6 Å². The Hall–Kier alpha value is -2.38. The predicted molar refractivity (Wildman–Crippen MR) is 122 cm³/mol. The maximum atomic E-state index is 5.87. The molecule has 0 aromatic heterocycles. The second-order valence-corrected chi connectivity index (χ2v) is 7.47. The van der Waals surface area contributed by atoms with E-state index in [4.69, 9.17) is 29.2 Å². The van der Waals surface area contributed by atoms with Gasteiger partial charge in [0.25, 0.3) is 0 Å². The van der Waals surface area contributed by atoms with Gasteiger partial charge in [-0.05, 0) is 101 Å². The largest absolute Gasteiger partial charge is 0.457 e. The number of anilines is 2. The molecular weight excluding hydrogens is 376 g/mol. The maximum Gasteiger partial charge on any atom is 0.170 e. The van der Waals surface area contributed by atoms with Crippen molar-refractivity contribution in [3.8, 4) is 11.5 Å². The lowest BCUT2D eigenvalue weighted by Crippen LogP contribution is -2.33. The molecule has 0 atom stereocenters. The molecule has 0 radical (unpaired) electrons. The van der Waals surface area contributed by atoms with Gasteiger partial charge in [-0.1, -0.05) is 0 Å². The molecule has 0 aliphatic rings. The van der Waals surface area contributed by atoms with Crippen molar-refractivity contribution in [1.29, 1.82) is 0 Å². The van der Waals surface area contributed by atoms with Crippen LogP contribution >= 0.6 is 24.4 Å². The lowest BCUT2D eigenvalue weighted by molar-refractivity contribution is 0.483. The average Bonchev–Trinajstić information content (AvgIpc) is 2.57. The van der Waals surface area contributed by atoms with Crippen LogP contribution in [0.5, 0.6) is 11.5 Å². The van der Waals surface area contributed by atoms with Gasteiger partial charge in [0.15, 0.2) is 10.2 Å². The summed E-state index contributed by atoms with van der Waals surface area (Å²) in [6.45, 7) is 8.17. The van der Waals surface area contributed by atoms with Crippen molar-refractivity contribution in [2.45, 2.75) is 39.8 Å². The summed E-state index contributed by atoms with van der Waals surface area (Å²) in [5.41, 5.74) is 1.82. The van der Waals surface area contributed by atoms with Gasteiger partial charge in [-0.3, -0.25) is 0 Å². The number of hydrogen-bond donors (Lipinski definition) is 4. The van der Waals surface area contributed by atoms with Crippen molar-refractivity contribution in [2.24, 2.45) is 0 Å². The normalized spacial score (nSPS) is 10.4. The van der Waals surface area contributed by atoms with Gasteiger partial charge >= 0.3 is 0 Å². The van der Waals surface area contributed by atoms with Crippen LogP contribution in [0, 0.1) is 0 Å². The fourth-order valence-electron chi connectivity index (χ4n) is 2.21. The Balaban J connectivity index is 1.89.